The second kappa shape index (κ2) is 6.64. The van der Waals surface area contributed by atoms with Crippen LogP contribution in [-0.2, 0) is 9.59 Å². The number of allylic oxidation sites excluding steroid dienone is 2. The summed E-state index contributed by atoms with van der Waals surface area (Å²) in [7, 11) is 0. The summed E-state index contributed by atoms with van der Waals surface area (Å²) < 4.78 is 0. The normalized spacial score (nSPS) is 34.9. The Kier molecular flexibility index (Phi) is 6.54. The maximum atomic E-state index is 10.9. The van der Waals surface area contributed by atoms with Crippen LogP contribution in [0.4, 0.5) is 0 Å². The largest absolute Gasteiger partial charge is 1.00 e. The summed E-state index contributed by atoms with van der Waals surface area (Å²) >= 11 is 0. The molecule has 84 valence electrons. The van der Waals surface area contributed by atoms with Gasteiger partial charge in [-0.3, -0.25) is 0 Å². The fourth-order valence-electron chi connectivity index (χ4n) is 3.55. The molecule has 6 heteroatoms. The minimum absolute atomic E-state index is 0. The first-order valence-electron chi connectivity index (χ1n) is 5.43. The number of carbonyl (C=O) groups is 2. The van der Waals surface area contributed by atoms with Gasteiger partial charge in [-0.15, -0.1) is 0 Å². The second-order valence-corrected chi connectivity index (χ2v) is 4.84. The van der Waals surface area contributed by atoms with Gasteiger partial charge in [-0.2, -0.15) is 0 Å². The average molecular weight is 296 g/mol. The number of carboxylic acid groups (broad SMARTS) is 2. The van der Waals surface area contributed by atoms with Crippen LogP contribution in [0.2, 0.25) is 0 Å². The van der Waals surface area contributed by atoms with E-state index in [4.69, 9.17) is 0 Å². The van der Waals surface area contributed by atoms with Gasteiger partial charge in [0.1, 0.15) is 0 Å². The van der Waals surface area contributed by atoms with Crippen molar-refractivity contribution in [1.82, 2.24) is 0 Å². The number of carbonyl (C=O) groups excluding carboxylic acids is 2. The van der Waals surface area contributed by atoms with Crippen LogP contribution >= 0.6 is 0 Å². The number of rotatable bonds is 2. The minimum atomic E-state index is -1.12. The molecule has 0 aromatic heterocycles. The first-order chi connectivity index (χ1) is 7.58. The molecule has 0 N–H and O–H groups in total. The van der Waals surface area contributed by atoms with Gasteiger partial charge in [-0.05, 0) is 47.7 Å². The molecule has 4 nitrogen and oxygen atoms in total. The molecule has 0 saturated heterocycles. The number of hydrogen-bond donors (Lipinski definition) is 0. The molecule has 1 fully saturated rings. The van der Waals surface area contributed by atoms with Crippen LogP contribution in [0.15, 0.2) is 23.3 Å². The van der Waals surface area contributed by atoms with Crippen LogP contribution in [0.3, 0.4) is 0 Å². The first kappa shape index (κ1) is 17.7. The fraction of sp³-hybridized carbons (Fsp3) is 0.500. The van der Waals surface area contributed by atoms with E-state index in [0.717, 1.165) is 6.42 Å². The minimum Gasteiger partial charge on any atom is -0.545 e. The summed E-state index contributed by atoms with van der Waals surface area (Å²) in [5, 5.41) is 21.6. The summed E-state index contributed by atoms with van der Waals surface area (Å²) in [6.45, 7) is 0. The average Bonchev–Trinajstić information content (AvgIpc) is 2.87. The molecule has 3 aliphatic carbocycles. The standard InChI is InChI=1S/C12H12O4.2K/c13-11(14)6-3-7-5-1-9(8(7)4-6)10(2-5)12(15)16;;/h2-3,5,7-9H,1,4H2,(H,13,14)(H,15,16);;/q;2*+1/p-2. The van der Waals surface area contributed by atoms with Crippen LogP contribution in [-0.4, -0.2) is 11.9 Å². The molecule has 3 rings (SSSR count). The van der Waals surface area contributed by atoms with Gasteiger partial charge in [0, 0.05) is 0 Å². The number of fused-ring (bicyclic) bond motifs is 5. The predicted molar refractivity (Wildman–Crippen MR) is 49.4 cm³/mol. The molecule has 1 saturated carbocycles. The van der Waals surface area contributed by atoms with Crippen LogP contribution in [0, 0.1) is 23.7 Å². The molecule has 4 atom stereocenters. The second-order valence-electron chi connectivity index (χ2n) is 4.84. The van der Waals surface area contributed by atoms with Crippen molar-refractivity contribution in [1.29, 1.82) is 0 Å². The van der Waals surface area contributed by atoms with Gasteiger partial charge < -0.3 is 19.8 Å². The van der Waals surface area contributed by atoms with Gasteiger partial charge in [0.05, 0.1) is 11.9 Å². The zero-order valence-corrected chi connectivity index (χ0v) is 16.8. The molecule has 18 heavy (non-hydrogen) atoms. The van der Waals surface area contributed by atoms with Crippen molar-refractivity contribution >= 4 is 11.9 Å². The Bertz CT molecular complexity index is 455. The molecule has 3 aliphatic rings. The van der Waals surface area contributed by atoms with Crippen LogP contribution in [0.5, 0.6) is 0 Å². The zero-order chi connectivity index (χ0) is 11.4. The SMILES string of the molecule is O=C([O-])C1=CC2C3C=C(C(=O)[O-])C(C3)C2C1.[K+].[K+]. The van der Waals surface area contributed by atoms with E-state index in [1.165, 1.54) is 0 Å². The van der Waals surface area contributed by atoms with Crippen LogP contribution < -0.4 is 113 Å². The zero-order valence-electron chi connectivity index (χ0n) is 10.5. The summed E-state index contributed by atoms with van der Waals surface area (Å²) in [5.74, 6) is -1.73. The summed E-state index contributed by atoms with van der Waals surface area (Å²) in [5.41, 5.74) is 0.706. The molecule has 0 aromatic carbocycles. The molecule has 4 unspecified atom stereocenters. The predicted octanol–water partition coefficient (Wildman–Crippen LogP) is -7.37. The van der Waals surface area contributed by atoms with Crippen molar-refractivity contribution in [3.05, 3.63) is 23.3 Å². The van der Waals surface area contributed by atoms with Crippen LogP contribution in [0.1, 0.15) is 12.8 Å². The van der Waals surface area contributed by atoms with Gasteiger partial charge in [0.2, 0.25) is 0 Å². The van der Waals surface area contributed by atoms with Crippen molar-refractivity contribution in [3.63, 3.8) is 0 Å². The fourth-order valence-corrected chi connectivity index (χ4v) is 3.55. The third kappa shape index (κ3) is 2.84. The molecule has 0 aromatic rings. The van der Waals surface area contributed by atoms with E-state index in [0.29, 0.717) is 17.6 Å². The number of carboxylic acids is 2. The van der Waals surface area contributed by atoms with E-state index in [2.05, 4.69) is 0 Å². The third-order valence-electron chi connectivity index (χ3n) is 4.17. The Morgan fingerprint density at radius 2 is 1.78 bits per heavy atom. The number of aliphatic carboxylic acids is 2. The molecular weight excluding hydrogens is 286 g/mol. The molecule has 0 amide bonds. The van der Waals surface area contributed by atoms with Crippen molar-refractivity contribution in [2.24, 2.45) is 23.7 Å². The molecular formula is C12H10K2O4. The molecule has 0 radical (unpaired) electrons. The maximum Gasteiger partial charge on any atom is 1.00 e. The van der Waals surface area contributed by atoms with Gasteiger partial charge in [-0.1, -0.05) is 12.2 Å². The molecule has 0 aliphatic heterocycles. The Morgan fingerprint density at radius 1 is 1.11 bits per heavy atom. The summed E-state index contributed by atoms with van der Waals surface area (Å²) in [6.07, 6.45) is 4.78. The smallest absolute Gasteiger partial charge is 0.545 e. The molecule has 0 spiro atoms. The van der Waals surface area contributed by atoms with Crippen LogP contribution in [0.25, 0.3) is 0 Å². The Balaban J connectivity index is 0.000000810. The Labute approximate surface area is 190 Å². The van der Waals surface area contributed by atoms with E-state index in [-0.39, 0.29) is 126 Å². The third-order valence-corrected chi connectivity index (χ3v) is 4.17. The monoisotopic (exact) mass is 296 g/mol. The van der Waals surface area contributed by atoms with E-state index in [1.54, 1.807) is 12.2 Å². The van der Waals surface area contributed by atoms with Crippen molar-refractivity contribution < 1.29 is 123 Å². The van der Waals surface area contributed by atoms with Crippen molar-refractivity contribution in [2.45, 2.75) is 12.8 Å². The van der Waals surface area contributed by atoms with Crippen molar-refractivity contribution in [3.8, 4) is 0 Å². The van der Waals surface area contributed by atoms with E-state index in [1.807, 2.05) is 0 Å². The van der Waals surface area contributed by atoms with Crippen molar-refractivity contribution in [2.75, 3.05) is 0 Å². The van der Waals surface area contributed by atoms with Gasteiger partial charge in [0.15, 0.2) is 0 Å². The quantitative estimate of drug-likeness (QED) is 0.474. The molecule has 2 bridgehead atoms. The summed E-state index contributed by atoms with van der Waals surface area (Å²) in [6, 6.07) is 0. The molecule has 0 heterocycles. The van der Waals surface area contributed by atoms with E-state index < -0.39 is 11.9 Å². The Hall–Kier alpha value is 1.69. The van der Waals surface area contributed by atoms with Gasteiger partial charge in [0.25, 0.3) is 0 Å². The summed E-state index contributed by atoms with van der Waals surface area (Å²) in [4.78, 5) is 21.6. The van der Waals surface area contributed by atoms with E-state index >= 15 is 0 Å². The van der Waals surface area contributed by atoms with Gasteiger partial charge >= 0.3 is 103 Å². The van der Waals surface area contributed by atoms with Gasteiger partial charge in [-0.25, -0.2) is 0 Å². The number of hydrogen-bond acceptors (Lipinski definition) is 4. The maximum absolute atomic E-state index is 10.9. The first-order valence-corrected chi connectivity index (χ1v) is 5.43. The topological polar surface area (TPSA) is 80.3 Å². The van der Waals surface area contributed by atoms with E-state index in [9.17, 15) is 19.8 Å². The Morgan fingerprint density at radius 3 is 2.33 bits per heavy atom.